The smallest absolute Gasteiger partial charge is 0.0555 e. The van der Waals surface area contributed by atoms with E-state index in [1.165, 1.54) is 5.56 Å². The van der Waals surface area contributed by atoms with Crippen molar-refractivity contribution in [1.82, 2.24) is 15.0 Å². The molecule has 2 rings (SSSR count). The molecule has 84 valence electrons. The maximum absolute atomic E-state index is 4.04. The molecular weight excluding hydrogens is 198 g/mol. The monoisotopic (exact) mass is 215 g/mol. The molecule has 0 aliphatic rings. The summed E-state index contributed by atoms with van der Waals surface area (Å²) in [6, 6.07) is 4.05. The van der Waals surface area contributed by atoms with Crippen molar-refractivity contribution in [2.45, 2.75) is 27.7 Å². The highest BCUT2D eigenvalue weighted by Crippen LogP contribution is 1.95. The molecule has 0 aliphatic heterocycles. The zero-order valence-electron chi connectivity index (χ0n) is 10.2. The van der Waals surface area contributed by atoms with Crippen molar-refractivity contribution in [3.8, 4) is 0 Å². The molecule has 0 aliphatic carbocycles. The van der Waals surface area contributed by atoms with E-state index < -0.39 is 0 Å². The van der Waals surface area contributed by atoms with Crippen LogP contribution in [0.25, 0.3) is 0 Å². The molecule has 0 aromatic carbocycles. The average Bonchev–Trinajstić information content (AvgIpc) is 2.23. The van der Waals surface area contributed by atoms with E-state index in [-0.39, 0.29) is 0 Å². The van der Waals surface area contributed by atoms with Crippen LogP contribution in [0.3, 0.4) is 0 Å². The minimum Gasteiger partial charge on any atom is -0.262 e. The molecule has 2 heterocycles. The lowest BCUT2D eigenvalue weighted by Gasteiger charge is -1.90. The van der Waals surface area contributed by atoms with Crippen LogP contribution in [-0.4, -0.2) is 15.0 Å². The SMILES string of the molecule is Cc1ccnc(C)c1.Cc1cnc(C)cn1. The van der Waals surface area contributed by atoms with E-state index in [0.717, 1.165) is 17.1 Å². The van der Waals surface area contributed by atoms with Crippen LogP contribution in [0.15, 0.2) is 30.7 Å². The van der Waals surface area contributed by atoms with E-state index in [9.17, 15) is 0 Å². The second kappa shape index (κ2) is 5.95. The van der Waals surface area contributed by atoms with E-state index in [4.69, 9.17) is 0 Å². The van der Waals surface area contributed by atoms with Crippen LogP contribution in [0, 0.1) is 27.7 Å². The van der Waals surface area contributed by atoms with Crippen molar-refractivity contribution in [2.75, 3.05) is 0 Å². The molecule has 0 saturated carbocycles. The van der Waals surface area contributed by atoms with Gasteiger partial charge in [-0.15, -0.1) is 0 Å². The highest BCUT2D eigenvalue weighted by molar-refractivity contribution is 5.12. The van der Waals surface area contributed by atoms with Gasteiger partial charge in [0.2, 0.25) is 0 Å². The van der Waals surface area contributed by atoms with E-state index in [2.05, 4.69) is 27.9 Å². The Morgan fingerprint density at radius 1 is 0.750 bits per heavy atom. The fraction of sp³-hybridized carbons (Fsp3) is 0.308. The number of hydrogen-bond donors (Lipinski definition) is 0. The molecule has 0 saturated heterocycles. The van der Waals surface area contributed by atoms with Gasteiger partial charge in [0.15, 0.2) is 0 Å². The van der Waals surface area contributed by atoms with Crippen molar-refractivity contribution >= 4 is 0 Å². The van der Waals surface area contributed by atoms with Gasteiger partial charge in [0.1, 0.15) is 0 Å². The van der Waals surface area contributed by atoms with Crippen molar-refractivity contribution < 1.29 is 0 Å². The van der Waals surface area contributed by atoms with E-state index >= 15 is 0 Å². The van der Waals surface area contributed by atoms with E-state index in [1.54, 1.807) is 12.4 Å². The van der Waals surface area contributed by atoms with Crippen molar-refractivity contribution in [2.24, 2.45) is 0 Å². The fourth-order valence-electron chi connectivity index (χ4n) is 1.14. The average molecular weight is 215 g/mol. The third kappa shape index (κ3) is 4.64. The molecule has 2 aromatic heterocycles. The lowest BCUT2D eigenvalue weighted by Crippen LogP contribution is -1.84. The summed E-state index contributed by atoms with van der Waals surface area (Å²) in [5.74, 6) is 0. The Bertz CT molecular complexity index is 397. The minimum absolute atomic E-state index is 0.968. The molecule has 3 nitrogen and oxygen atoms in total. The number of nitrogens with zero attached hydrogens (tertiary/aromatic N) is 3. The summed E-state index contributed by atoms with van der Waals surface area (Å²) < 4.78 is 0. The molecule has 0 atom stereocenters. The van der Waals surface area contributed by atoms with Gasteiger partial charge in [-0.3, -0.25) is 15.0 Å². The Morgan fingerprint density at radius 3 is 1.62 bits per heavy atom. The molecule has 0 fully saturated rings. The van der Waals surface area contributed by atoms with Crippen LogP contribution in [0.1, 0.15) is 22.6 Å². The van der Waals surface area contributed by atoms with E-state index in [0.29, 0.717) is 0 Å². The van der Waals surface area contributed by atoms with Gasteiger partial charge in [-0.1, -0.05) is 0 Å². The summed E-state index contributed by atoms with van der Waals surface area (Å²) in [7, 11) is 0. The Kier molecular flexibility index (Phi) is 4.58. The van der Waals surface area contributed by atoms with Crippen LogP contribution in [-0.2, 0) is 0 Å². The van der Waals surface area contributed by atoms with Crippen LogP contribution in [0.4, 0.5) is 0 Å². The molecular formula is C13H17N3. The summed E-state index contributed by atoms with van der Waals surface area (Å²) >= 11 is 0. The highest BCUT2D eigenvalue weighted by Gasteiger charge is 1.83. The number of aryl methyl sites for hydroxylation is 4. The van der Waals surface area contributed by atoms with Gasteiger partial charge in [0.25, 0.3) is 0 Å². The van der Waals surface area contributed by atoms with Gasteiger partial charge < -0.3 is 0 Å². The first-order chi connectivity index (χ1) is 7.58. The minimum atomic E-state index is 0.968. The summed E-state index contributed by atoms with van der Waals surface area (Å²) in [6.07, 6.45) is 5.34. The Hall–Kier alpha value is -1.77. The van der Waals surface area contributed by atoms with Crippen LogP contribution >= 0.6 is 0 Å². The molecule has 0 N–H and O–H groups in total. The first-order valence-electron chi connectivity index (χ1n) is 5.22. The maximum atomic E-state index is 4.04. The van der Waals surface area contributed by atoms with Gasteiger partial charge in [-0.25, -0.2) is 0 Å². The molecule has 2 aromatic rings. The number of rotatable bonds is 0. The topological polar surface area (TPSA) is 38.7 Å². The largest absolute Gasteiger partial charge is 0.262 e. The van der Waals surface area contributed by atoms with Crippen molar-refractivity contribution in [3.63, 3.8) is 0 Å². The number of pyridine rings is 1. The quantitative estimate of drug-likeness (QED) is 0.678. The number of aromatic nitrogens is 3. The normalized spacial score (nSPS) is 9.25. The lowest BCUT2D eigenvalue weighted by atomic mass is 10.3. The van der Waals surface area contributed by atoms with E-state index in [1.807, 2.05) is 33.0 Å². The van der Waals surface area contributed by atoms with Gasteiger partial charge in [-0.2, -0.15) is 0 Å². The third-order valence-corrected chi connectivity index (χ3v) is 1.96. The number of hydrogen-bond acceptors (Lipinski definition) is 3. The molecule has 3 heteroatoms. The lowest BCUT2D eigenvalue weighted by molar-refractivity contribution is 1.06. The van der Waals surface area contributed by atoms with Gasteiger partial charge in [-0.05, 0) is 45.4 Å². The molecule has 0 bridgehead atoms. The standard InChI is InChI=1S/C7H9N.C6H8N2/c1-6-3-4-8-7(2)5-6;1-5-3-8-6(2)4-7-5/h3-5H,1-2H3;3-4H,1-2H3. The molecule has 0 amide bonds. The summed E-state index contributed by atoms with van der Waals surface area (Å²) in [5, 5.41) is 0. The van der Waals surface area contributed by atoms with Gasteiger partial charge in [0, 0.05) is 24.3 Å². The molecule has 0 spiro atoms. The molecule has 0 radical (unpaired) electrons. The van der Waals surface area contributed by atoms with Crippen molar-refractivity contribution in [1.29, 1.82) is 0 Å². The second-order valence-corrected chi connectivity index (χ2v) is 3.77. The first-order valence-corrected chi connectivity index (χ1v) is 5.22. The van der Waals surface area contributed by atoms with Gasteiger partial charge in [0.05, 0.1) is 11.4 Å². The van der Waals surface area contributed by atoms with Crippen LogP contribution < -0.4 is 0 Å². The highest BCUT2D eigenvalue weighted by atomic mass is 14.8. The maximum Gasteiger partial charge on any atom is 0.0555 e. The Morgan fingerprint density at radius 2 is 1.31 bits per heavy atom. The fourth-order valence-corrected chi connectivity index (χ4v) is 1.14. The zero-order chi connectivity index (χ0) is 12.0. The molecule has 16 heavy (non-hydrogen) atoms. The molecule has 0 unspecified atom stereocenters. The summed E-state index contributed by atoms with van der Waals surface area (Å²) in [6.45, 7) is 7.90. The first kappa shape index (κ1) is 12.3. The predicted octanol–water partition coefficient (Wildman–Crippen LogP) is 2.79. The predicted molar refractivity (Wildman–Crippen MR) is 65.2 cm³/mol. The second-order valence-electron chi connectivity index (χ2n) is 3.77. The third-order valence-electron chi connectivity index (χ3n) is 1.96. The Balaban J connectivity index is 0.000000160. The van der Waals surface area contributed by atoms with Crippen molar-refractivity contribution in [3.05, 3.63) is 53.4 Å². The Labute approximate surface area is 96.6 Å². The summed E-state index contributed by atoms with van der Waals surface area (Å²) in [5.41, 5.74) is 4.30. The van der Waals surface area contributed by atoms with Crippen LogP contribution in [0.5, 0.6) is 0 Å². The van der Waals surface area contributed by atoms with Crippen LogP contribution in [0.2, 0.25) is 0 Å². The van der Waals surface area contributed by atoms with Gasteiger partial charge >= 0.3 is 0 Å². The summed E-state index contributed by atoms with van der Waals surface area (Å²) in [4.78, 5) is 12.1. The zero-order valence-corrected chi connectivity index (χ0v) is 10.2.